The van der Waals surface area contributed by atoms with E-state index in [1.54, 1.807) is 10.8 Å². The van der Waals surface area contributed by atoms with Crippen LogP contribution in [-0.4, -0.2) is 28.1 Å². The van der Waals surface area contributed by atoms with Crippen LogP contribution >= 0.6 is 0 Å². The Morgan fingerprint density at radius 2 is 1.77 bits per heavy atom. The minimum absolute atomic E-state index is 0.0682. The number of amides is 1. The number of hydrogen-bond acceptors (Lipinski definition) is 2. The topological polar surface area (TPSA) is 71.3 Å². The quantitative estimate of drug-likeness (QED) is 0.676. The van der Waals surface area contributed by atoms with Gasteiger partial charge in [-0.15, -0.1) is 0 Å². The molecule has 1 atom stereocenters. The zero-order valence-corrected chi connectivity index (χ0v) is 17.8. The summed E-state index contributed by atoms with van der Waals surface area (Å²) in [6.45, 7) is 2.74. The minimum atomic E-state index is -0.849. The van der Waals surface area contributed by atoms with Gasteiger partial charge >= 0.3 is 5.97 Å². The molecule has 0 aliphatic heterocycles. The average Bonchev–Trinajstić information content (AvgIpc) is 3.08. The highest BCUT2D eigenvalue weighted by Crippen LogP contribution is 2.59. The molecule has 0 spiro atoms. The number of carbonyl (C=O) groups excluding carboxylic acids is 1. The summed E-state index contributed by atoms with van der Waals surface area (Å²) < 4.78 is 1.78. The molecule has 160 valence electrons. The van der Waals surface area contributed by atoms with Gasteiger partial charge in [-0.05, 0) is 74.2 Å². The van der Waals surface area contributed by atoms with Crippen LogP contribution in [0.15, 0.2) is 30.5 Å². The molecule has 1 aromatic carbocycles. The van der Waals surface area contributed by atoms with Gasteiger partial charge in [-0.25, -0.2) is 4.79 Å². The van der Waals surface area contributed by atoms with Gasteiger partial charge < -0.3 is 15.0 Å². The number of benzene rings is 1. The summed E-state index contributed by atoms with van der Waals surface area (Å²) in [6, 6.07) is 7.01. The van der Waals surface area contributed by atoms with Crippen LogP contribution in [0.3, 0.4) is 0 Å². The van der Waals surface area contributed by atoms with Crippen molar-refractivity contribution in [2.24, 2.45) is 23.2 Å². The Morgan fingerprint density at radius 1 is 1.13 bits per heavy atom. The molecule has 0 saturated heterocycles. The highest BCUT2D eigenvalue weighted by atomic mass is 16.4. The summed E-state index contributed by atoms with van der Waals surface area (Å²) in [4.78, 5) is 25.1. The highest BCUT2D eigenvalue weighted by Gasteiger charge is 2.50. The molecule has 2 aromatic rings. The van der Waals surface area contributed by atoms with Crippen molar-refractivity contribution in [2.75, 3.05) is 6.54 Å². The molecule has 30 heavy (non-hydrogen) atoms. The van der Waals surface area contributed by atoms with Crippen molar-refractivity contribution < 1.29 is 14.7 Å². The molecule has 0 radical (unpaired) electrons. The smallest absolute Gasteiger partial charge is 0.326 e. The number of para-hydroxylation sites is 1. The van der Waals surface area contributed by atoms with Crippen molar-refractivity contribution >= 4 is 22.8 Å². The lowest BCUT2D eigenvalue weighted by Gasteiger charge is -2.56. The van der Waals surface area contributed by atoms with Gasteiger partial charge in [-0.1, -0.05) is 31.5 Å². The lowest BCUT2D eigenvalue weighted by atomic mass is 9.49. The number of nitrogens with one attached hydrogen (secondary N) is 1. The van der Waals surface area contributed by atoms with Gasteiger partial charge in [0.15, 0.2) is 0 Å². The number of aliphatic carboxylic acids is 1. The van der Waals surface area contributed by atoms with Crippen LogP contribution in [0.4, 0.5) is 0 Å². The summed E-state index contributed by atoms with van der Waals surface area (Å²) in [5.74, 6) is 1.67. The van der Waals surface area contributed by atoms with Crippen LogP contribution in [-0.2, 0) is 4.79 Å². The summed E-state index contributed by atoms with van der Waals surface area (Å²) >= 11 is 0. The standard InChI is InChI=1S/C25H32N2O3/c1-2-5-22(24(29)30)27-14-20(19-6-3-4-7-21(19)27)23(28)26-15-25-11-16-8-17(12-25)10-18(9-16)13-25/h3-4,6-7,14,16-18,22H,2,5,8-13,15H2,1H3,(H,26,28)(H,29,30). The third kappa shape index (κ3) is 3.32. The summed E-state index contributed by atoms with van der Waals surface area (Å²) in [7, 11) is 0. The molecule has 5 heteroatoms. The first-order valence-corrected chi connectivity index (χ1v) is 11.6. The van der Waals surface area contributed by atoms with Gasteiger partial charge in [0, 0.05) is 23.6 Å². The fraction of sp³-hybridized carbons (Fsp3) is 0.600. The first kappa shape index (κ1) is 19.7. The van der Waals surface area contributed by atoms with Gasteiger partial charge in [0.25, 0.3) is 5.91 Å². The number of fused-ring (bicyclic) bond motifs is 1. The number of aromatic nitrogens is 1. The Morgan fingerprint density at radius 3 is 2.37 bits per heavy atom. The first-order valence-electron chi connectivity index (χ1n) is 11.6. The zero-order valence-electron chi connectivity index (χ0n) is 17.8. The van der Waals surface area contributed by atoms with E-state index < -0.39 is 12.0 Å². The van der Waals surface area contributed by atoms with E-state index in [-0.39, 0.29) is 11.3 Å². The van der Waals surface area contributed by atoms with Crippen LogP contribution in [0.1, 0.15) is 74.7 Å². The van der Waals surface area contributed by atoms with E-state index >= 15 is 0 Å². The van der Waals surface area contributed by atoms with E-state index in [0.717, 1.165) is 41.6 Å². The molecular formula is C25H32N2O3. The Kier molecular flexibility index (Phi) is 4.87. The fourth-order valence-corrected chi connectivity index (χ4v) is 7.17. The maximum atomic E-state index is 13.2. The van der Waals surface area contributed by atoms with Crippen molar-refractivity contribution in [3.63, 3.8) is 0 Å². The third-order valence-corrected chi connectivity index (χ3v) is 7.96. The van der Waals surface area contributed by atoms with Crippen LogP contribution in [0.5, 0.6) is 0 Å². The molecular weight excluding hydrogens is 376 g/mol. The molecule has 4 aliphatic rings. The normalized spacial score (nSPS) is 30.5. The van der Waals surface area contributed by atoms with E-state index in [2.05, 4.69) is 5.32 Å². The number of carboxylic acid groups (broad SMARTS) is 1. The monoisotopic (exact) mass is 408 g/mol. The summed E-state index contributed by atoms with van der Waals surface area (Å²) in [5, 5.41) is 13.8. The van der Waals surface area contributed by atoms with Crippen LogP contribution in [0, 0.1) is 23.2 Å². The van der Waals surface area contributed by atoms with Gasteiger partial charge in [-0.2, -0.15) is 0 Å². The first-order chi connectivity index (χ1) is 14.5. The number of hydrogen-bond donors (Lipinski definition) is 2. The van der Waals surface area contributed by atoms with Crippen LogP contribution in [0.2, 0.25) is 0 Å². The minimum Gasteiger partial charge on any atom is -0.480 e. The van der Waals surface area contributed by atoms with E-state index in [4.69, 9.17) is 0 Å². The van der Waals surface area contributed by atoms with Crippen LogP contribution < -0.4 is 5.32 Å². The van der Waals surface area contributed by atoms with Crippen molar-refractivity contribution in [2.45, 2.75) is 64.3 Å². The Labute approximate surface area is 177 Å². The maximum absolute atomic E-state index is 13.2. The van der Waals surface area contributed by atoms with E-state index in [1.165, 1.54) is 38.5 Å². The summed E-state index contributed by atoms with van der Waals surface area (Å²) in [6.07, 6.45) is 11.1. The molecule has 4 aliphatic carbocycles. The van der Waals surface area contributed by atoms with Gasteiger partial charge in [0.1, 0.15) is 6.04 Å². The lowest BCUT2D eigenvalue weighted by molar-refractivity contribution is -0.141. The molecule has 2 N–H and O–H groups in total. The van der Waals surface area contributed by atoms with Crippen molar-refractivity contribution in [3.8, 4) is 0 Å². The third-order valence-electron chi connectivity index (χ3n) is 7.96. The SMILES string of the molecule is CCCC(C(=O)O)n1cc(C(=O)NCC23CC4CC(CC(C4)C2)C3)c2ccccc21. The van der Waals surface area contributed by atoms with Crippen molar-refractivity contribution in [1.82, 2.24) is 9.88 Å². The Hall–Kier alpha value is -2.30. The molecule has 1 amide bonds. The second-order valence-corrected chi connectivity index (χ2v) is 10.2. The molecule has 4 fully saturated rings. The maximum Gasteiger partial charge on any atom is 0.326 e. The number of nitrogens with zero attached hydrogens (tertiary/aromatic N) is 1. The second-order valence-electron chi connectivity index (χ2n) is 10.2. The van der Waals surface area contributed by atoms with Gasteiger partial charge in [-0.3, -0.25) is 4.79 Å². The van der Waals surface area contributed by atoms with E-state index in [1.807, 2.05) is 31.2 Å². The molecule has 1 unspecified atom stereocenters. The van der Waals surface area contributed by atoms with Gasteiger partial charge in [0.2, 0.25) is 0 Å². The van der Waals surface area contributed by atoms with Gasteiger partial charge in [0.05, 0.1) is 5.56 Å². The van der Waals surface area contributed by atoms with Crippen LogP contribution in [0.25, 0.3) is 10.9 Å². The highest BCUT2D eigenvalue weighted by molar-refractivity contribution is 6.07. The molecule has 4 bridgehead atoms. The molecule has 5 nitrogen and oxygen atoms in total. The zero-order chi connectivity index (χ0) is 20.9. The fourth-order valence-electron chi connectivity index (χ4n) is 7.17. The largest absolute Gasteiger partial charge is 0.480 e. The predicted octanol–water partition coefficient (Wildman–Crippen LogP) is 5.01. The number of carboxylic acids is 1. The molecule has 6 rings (SSSR count). The lowest BCUT2D eigenvalue weighted by Crippen LogP contribution is -2.51. The number of rotatable bonds is 7. The average molecular weight is 409 g/mol. The molecule has 4 saturated carbocycles. The predicted molar refractivity (Wildman–Crippen MR) is 116 cm³/mol. The molecule has 1 aromatic heterocycles. The molecule has 1 heterocycles. The van der Waals surface area contributed by atoms with Crippen molar-refractivity contribution in [1.29, 1.82) is 0 Å². The second kappa shape index (κ2) is 7.44. The van der Waals surface area contributed by atoms with Crippen molar-refractivity contribution in [3.05, 3.63) is 36.0 Å². The Balaban J connectivity index is 1.39. The van der Waals surface area contributed by atoms with E-state index in [9.17, 15) is 14.7 Å². The Bertz CT molecular complexity index is 941. The summed E-state index contributed by atoms with van der Waals surface area (Å²) in [5.41, 5.74) is 1.70. The number of carbonyl (C=O) groups is 2. The van der Waals surface area contributed by atoms with E-state index in [0.29, 0.717) is 12.0 Å².